The molecule has 0 saturated heterocycles. The van der Waals surface area contributed by atoms with Crippen LogP contribution in [0.15, 0.2) is 42.7 Å². The molecule has 3 aromatic rings. The van der Waals surface area contributed by atoms with Crippen LogP contribution in [0.5, 0.6) is 5.75 Å². The van der Waals surface area contributed by atoms with Crippen LogP contribution in [0.3, 0.4) is 0 Å². The van der Waals surface area contributed by atoms with Crippen LogP contribution in [-0.2, 0) is 5.41 Å². The van der Waals surface area contributed by atoms with Crippen molar-refractivity contribution in [3.63, 3.8) is 0 Å². The monoisotopic (exact) mass is 412 g/mol. The standard InChI is InChI=1S/C23H29ClN4O/c1-4-5-6-11-26-15-23(2,3)22-27-20(16-9-12-25-13-10-16)21(28-22)17-7-8-18(24)19(29)14-17/h7-10,12-14,26,29H,4-6,11,15H2,1-3H3,(H,27,28). The lowest BCUT2D eigenvalue weighted by Gasteiger charge is -2.22. The molecule has 2 aromatic heterocycles. The molecular weight excluding hydrogens is 384 g/mol. The van der Waals surface area contributed by atoms with E-state index in [0.717, 1.165) is 41.4 Å². The molecule has 0 fully saturated rings. The average molecular weight is 413 g/mol. The van der Waals surface area contributed by atoms with E-state index in [4.69, 9.17) is 16.6 Å². The minimum atomic E-state index is -0.180. The molecule has 0 unspecified atom stereocenters. The Morgan fingerprint density at radius 3 is 2.55 bits per heavy atom. The minimum Gasteiger partial charge on any atom is -0.506 e. The first kappa shape index (κ1) is 21.3. The Hall–Kier alpha value is -2.37. The first-order valence-electron chi connectivity index (χ1n) is 10.1. The van der Waals surface area contributed by atoms with Gasteiger partial charge in [0.25, 0.3) is 0 Å². The van der Waals surface area contributed by atoms with Gasteiger partial charge in [0.05, 0.1) is 16.4 Å². The van der Waals surface area contributed by atoms with Crippen molar-refractivity contribution in [2.45, 2.75) is 45.4 Å². The molecule has 0 aliphatic rings. The highest BCUT2D eigenvalue weighted by molar-refractivity contribution is 6.32. The van der Waals surface area contributed by atoms with E-state index in [1.165, 1.54) is 19.3 Å². The highest BCUT2D eigenvalue weighted by atomic mass is 35.5. The Morgan fingerprint density at radius 1 is 1.10 bits per heavy atom. The molecule has 0 saturated carbocycles. The Morgan fingerprint density at radius 2 is 1.86 bits per heavy atom. The Labute approximate surface area is 177 Å². The number of unbranched alkanes of at least 4 members (excludes halogenated alkanes) is 2. The van der Waals surface area contributed by atoms with Crippen molar-refractivity contribution in [2.75, 3.05) is 13.1 Å². The third-order valence-corrected chi connectivity index (χ3v) is 5.38. The third kappa shape index (κ3) is 5.17. The van der Waals surface area contributed by atoms with Gasteiger partial charge in [-0.05, 0) is 37.2 Å². The normalized spacial score (nSPS) is 11.7. The topological polar surface area (TPSA) is 73.8 Å². The molecule has 2 heterocycles. The van der Waals surface area contributed by atoms with Crippen molar-refractivity contribution in [2.24, 2.45) is 0 Å². The van der Waals surface area contributed by atoms with Crippen LogP contribution >= 0.6 is 11.6 Å². The number of aromatic hydroxyl groups is 1. The van der Waals surface area contributed by atoms with Crippen molar-refractivity contribution in [3.05, 3.63) is 53.6 Å². The lowest BCUT2D eigenvalue weighted by Crippen LogP contribution is -2.34. The predicted octanol–water partition coefficient (Wildman–Crippen LogP) is 5.56. The average Bonchev–Trinajstić information content (AvgIpc) is 3.17. The van der Waals surface area contributed by atoms with Gasteiger partial charge in [0.15, 0.2) is 0 Å². The first-order valence-corrected chi connectivity index (χ1v) is 10.5. The Kier molecular flexibility index (Phi) is 6.93. The van der Waals surface area contributed by atoms with Crippen LogP contribution in [0.1, 0.15) is 45.9 Å². The van der Waals surface area contributed by atoms with E-state index >= 15 is 0 Å². The zero-order valence-corrected chi connectivity index (χ0v) is 18.1. The van der Waals surface area contributed by atoms with Crippen molar-refractivity contribution in [1.82, 2.24) is 20.3 Å². The van der Waals surface area contributed by atoms with Gasteiger partial charge in [-0.1, -0.05) is 51.3 Å². The number of benzene rings is 1. The number of hydrogen-bond donors (Lipinski definition) is 3. The summed E-state index contributed by atoms with van der Waals surface area (Å²) < 4.78 is 0. The molecule has 1 aromatic carbocycles. The molecule has 6 heteroatoms. The van der Waals surface area contributed by atoms with Crippen molar-refractivity contribution >= 4 is 11.6 Å². The summed E-state index contributed by atoms with van der Waals surface area (Å²) in [4.78, 5) is 12.6. The maximum Gasteiger partial charge on any atom is 0.134 e. The summed E-state index contributed by atoms with van der Waals surface area (Å²) in [6, 6.07) is 9.13. The summed E-state index contributed by atoms with van der Waals surface area (Å²) in [7, 11) is 0. The molecule has 0 radical (unpaired) electrons. The number of phenols is 1. The molecule has 0 bridgehead atoms. The quantitative estimate of drug-likeness (QED) is 0.402. The fourth-order valence-electron chi connectivity index (χ4n) is 3.27. The van der Waals surface area contributed by atoms with Crippen LogP contribution in [0.4, 0.5) is 0 Å². The van der Waals surface area contributed by atoms with E-state index < -0.39 is 0 Å². The minimum absolute atomic E-state index is 0.0475. The summed E-state index contributed by atoms with van der Waals surface area (Å²) in [6.07, 6.45) is 7.17. The van der Waals surface area contributed by atoms with Gasteiger partial charge < -0.3 is 15.4 Å². The SMILES string of the molecule is CCCCCNCC(C)(C)c1nc(-c2ccc(Cl)c(O)c2)c(-c2ccncc2)[nH]1. The zero-order valence-electron chi connectivity index (χ0n) is 17.3. The summed E-state index contributed by atoms with van der Waals surface area (Å²) in [5.74, 6) is 0.947. The molecule has 29 heavy (non-hydrogen) atoms. The molecule has 3 rings (SSSR count). The number of halogens is 1. The molecule has 0 aliphatic heterocycles. The van der Waals surface area contributed by atoms with E-state index in [1.54, 1.807) is 24.5 Å². The second-order valence-electron chi connectivity index (χ2n) is 7.98. The maximum absolute atomic E-state index is 10.1. The highest BCUT2D eigenvalue weighted by Crippen LogP contribution is 2.36. The van der Waals surface area contributed by atoms with Crippen molar-refractivity contribution in [1.29, 1.82) is 0 Å². The van der Waals surface area contributed by atoms with Gasteiger partial charge in [-0.2, -0.15) is 0 Å². The van der Waals surface area contributed by atoms with Crippen molar-refractivity contribution in [3.8, 4) is 28.3 Å². The lowest BCUT2D eigenvalue weighted by molar-refractivity contribution is 0.443. The third-order valence-electron chi connectivity index (χ3n) is 5.06. The smallest absolute Gasteiger partial charge is 0.134 e. The van der Waals surface area contributed by atoms with Gasteiger partial charge >= 0.3 is 0 Å². The van der Waals surface area contributed by atoms with E-state index in [2.05, 4.69) is 36.1 Å². The molecular formula is C23H29ClN4O. The summed E-state index contributed by atoms with van der Waals surface area (Å²) >= 11 is 6.00. The number of phenolic OH excluding ortho intramolecular Hbond substituents is 1. The van der Waals surface area contributed by atoms with Gasteiger partial charge in [0.1, 0.15) is 11.6 Å². The Bertz CT molecular complexity index is 937. The first-order chi connectivity index (χ1) is 13.9. The number of nitrogens with one attached hydrogen (secondary N) is 2. The van der Waals surface area contributed by atoms with E-state index in [0.29, 0.717) is 5.02 Å². The number of H-pyrrole nitrogens is 1. The number of aromatic nitrogens is 3. The fourth-order valence-corrected chi connectivity index (χ4v) is 3.39. The van der Waals surface area contributed by atoms with Gasteiger partial charge in [-0.25, -0.2) is 4.98 Å². The number of pyridine rings is 1. The fraction of sp³-hybridized carbons (Fsp3) is 0.391. The molecule has 0 amide bonds. The van der Waals surface area contributed by atoms with E-state index in [9.17, 15) is 5.11 Å². The number of imidazole rings is 1. The van der Waals surface area contributed by atoms with Gasteiger partial charge in [-0.15, -0.1) is 0 Å². The molecule has 0 spiro atoms. The van der Waals surface area contributed by atoms with Crippen LogP contribution in [0, 0.1) is 0 Å². The molecule has 0 aliphatic carbocycles. The number of aromatic amines is 1. The van der Waals surface area contributed by atoms with Gasteiger partial charge in [0.2, 0.25) is 0 Å². The van der Waals surface area contributed by atoms with Crippen LogP contribution in [0.2, 0.25) is 5.02 Å². The second-order valence-corrected chi connectivity index (χ2v) is 8.39. The highest BCUT2D eigenvalue weighted by Gasteiger charge is 2.27. The van der Waals surface area contributed by atoms with Gasteiger partial charge in [0, 0.05) is 35.5 Å². The predicted molar refractivity (Wildman–Crippen MR) is 119 cm³/mol. The number of rotatable bonds is 9. The number of nitrogens with zero attached hydrogens (tertiary/aromatic N) is 2. The molecule has 154 valence electrons. The number of hydrogen-bond acceptors (Lipinski definition) is 4. The molecule has 0 atom stereocenters. The molecule has 3 N–H and O–H groups in total. The van der Waals surface area contributed by atoms with Crippen LogP contribution in [0.25, 0.3) is 22.5 Å². The van der Waals surface area contributed by atoms with E-state index in [1.807, 2.05) is 18.2 Å². The largest absolute Gasteiger partial charge is 0.506 e. The lowest BCUT2D eigenvalue weighted by atomic mass is 9.92. The van der Waals surface area contributed by atoms with Crippen LogP contribution < -0.4 is 5.32 Å². The van der Waals surface area contributed by atoms with Crippen LogP contribution in [-0.4, -0.2) is 33.1 Å². The Balaban J connectivity index is 1.95. The zero-order chi connectivity index (χ0) is 20.9. The van der Waals surface area contributed by atoms with Gasteiger partial charge in [-0.3, -0.25) is 4.98 Å². The second kappa shape index (κ2) is 9.42. The molecule has 5 nitrogen and oxygen atoms in total. The summed E-state index contributed by atoms with van der Waals surface area (Å²) in [5.41, 5.74) is 3.32. The summed E-state index contributed by atoms with van der Waals surface area (Å²) in [5, 5.41) is 14.0. The maximum atomic E-state index is 10.1. The summed E-state index contributed by atoms with van der Waals surface area (Å²) in [6.45, 7) is 8.40. The van der Waals surface area contributed by atoms with Crippen molar-refractivity contribution < 1.29 is 5.11 Å². The van der Waals surface area contributed by atoms with E-state index in [-0.39, 0.29) is 11.2 Å².